The summed E-state index contributed by atoms with van der Waals surface area (Å²) < 4.78 is 14.9. The molecule has 16 heavy (non-hydrogen) atoms. The average Bonchev–Trinajstić information content (AvgIpc) is 2.27. The normalized spacial score (nSPS) is 9.69. The second-order valence-electron chi connectivity index (χ2n) is 2.84. The minimum Gasteiger partial charge on any atom is -0.491 e. The first-order valence-corrected chi connectivity index (χ1v) is 4.29. The SMILES string of the molecule is COc1c(N)cc([N+](=O)[O-])c(OC)c1OC. The summed E-state index contributed by atoms with van der Waals surface area (Å²) in [7, 11) is 4.05. The lowest BCUT2D eigenvalue weighted by atomic mass is 10.2. The highest BCUT2D eigenvalue weighted by Crippen LogP contribution is 2.47. The number of anilines is 1. The summed E-state index contributed by atoms with van der Waals surface area (Å²) in [6, 6.07) is 1.17. The zero-order chi connectivity index (χ0) is 12.3. The van der Waals surface area contributed by atoms with E-state index in [0.29, 0.717) is 0 Å². The van der Waals surface area contributed by atoms with Crippen molar-refractivity contribution in [3.63, 3.8) is 0 Å². The van der Waals surface area contributed by atoms with Gasteiger partial charge >= 0.3 is 5.69 Å². The third-order valence-electron chi connectivity index (χ3n) is 2.01. The van der Waals surface area contributed by atoms with Gasteiger partial charge in [-0.25, -0.2) is 0 Å². The number of nitrogens with zero attached hydrogens (tertiary/aromatic N) is 1. The van der Waals surface area contributed by atoms with Crippen LogP contribution in [0.2, 0.25) is 0 Å². The fourth-order valence-corrected chi connectivity index (χ4v) is 1.36. The Kier molecular flexibility index (Phi) is 3.39. The molecule has 0 saturated carbocycles. The molecule has 0 radical (unpaired) electrons. The first kappa shape index (κ1) is 11.9. The van der Waals surface area contributed by atoms with Gasteiger partial charge in [0, 0.05) is 6.07 Å². The molecule has 0 heterocycles. The first-order valence-electron chi connectivity index (χ1n) is 4.29. The van der Waals surface area contributed by atoms with E-state index in [1.54, 1.807) is 0 Å². The van der Waals surface area contributed by atoms with Gasteiger partial charge in [-0.05, 0) is 0 Å². The molecule has 0 aliphatic rings. The first-order chi connectivity index (χ1) is 7.56. The van der Waals surface area contributed by atoms with Gasteiger partial charge in [0.2, 0.25) is 11.5 Å². The van der Waals surface area contributed by atoms with E-state index in [0.717, 1.165) is 0 Å². The van der Waals surface area contributed by atoms with E-state index in [9.17, 15) is 10.1 Å². The lowest BCUT2D eigenvalue weighted by molar-refractivity contribution is -0.385. The molecule has 0 aliphatic heterocycles. The van der Waals surface area contributed by atoms with Crippen LogP contribution in [-0.4, -0.2) is 26.3 Å². The zero-order valence-corrected chi connectivity index (χ0v) is 9.14. The summed E-state index contributed by atoms with van der Waals surface area (Å²) in [4.78, 5) is 10.2. The van der Waals surface area contributed by atoms with Crippen LogP contribution in [0.15, 0.2) is 6.07 Å². The highest BCUT2D eigenvalue weighted by molar-refractivity contribution is 5.73. The van der Waals surface area contributed by atoms with Crippen molar-refractivity contribution in [1.82, 2.24) is 0 Å². The van der Waals surface area contributed by atoms with E-state index in [-0.39, 0.29) is 28.6 Å². The van der Waals surface area contributed by atoms with E-state index >= 15 is 0 Å². The number of nitrogen functional groups attached to an aromatic ring is 1. The Morgan fingerprint density at radius 3 is 2.00 bits per heavy atom. The molecule has 7 heteroatoms. The van der Waals surface area contributed by atoms with Gasteiger partial charge in [0.05, 0.1) is 31.9 Å². The number of hydrogen-bond acceptors (Lipinski definition) is 6. The molecular formula is C9H12N2O5. The van der Waals surface area contributed by atoms with Crippen LogP contribution in [0.1, 0.15) is 0 Å². The van der Waals surface area contributed by atoms with Crippen LogP contribution in [0, 0.1) is 10.1 Å². The lowest BCUT2D eigenvalue weighted by Gasteiger charge is -2.13. The minimum absolute atomic E-state index is 0.0152. The molecule has 0 bridgehead atoms. The Labute approximate surface area is 91.9 Å². The molecule has 0 aliphatic carbocycles. The summed E-state index contributed by atoms with van der Waals surface area (Å²) in [6.45, 7) is 0. The van der Waals surface area contributed by atoms with Gasteiger partial charge in [0.1, 0.15) is 0 Å². The number of benzene rings is 1. The van der Waals surface area contributed by atoms with Crippen LogP contribution in [0.25, 0.3) is 0 Å². The lowest BCUT2D eigenvalue weighted by Crippen LogP contribution is -2.02. The molecule has 0 saturated heterocycles. The number of nitrogens with two attached hydrogens (primary N) is 1. The predicted octanol–water partition coefficient (Wildman–Crippen LogP) is 1.20. The standard InChI is InChI=1S/C9H12N2O5/c1-14-7-5(10)4-6(11(12)13)8(15-2)9(7)16-3/h4H,10H2,1-3H3. The van der Waals surface area contributed by atoms with E-state index < -0.39 is 4.92 Å². The Balaban J connectivity index is 3.56. The molecule has 0 atom stereocenters. The molecule has 88 valence electrons. The zero-order valence-electron chi connectivity index (χ0n) is 9.14. The van der Waals surface area contributed by atoms with E-state index in [1.807, 2.05) is 0 Å². The van der Waals surface area contributed by atoms with Gasteiger partial charge in [0.15, 0.2) is 5.75 Å². The van der Waals surface area contributed by atoms with Crippen molar-refractivity contribution in [3.05, 3.63) is 16.2 Å². The highest BCUT2D eigenvalue weighted by Gasteiger charge is 2.26. The van der Waals surface area contributed by atoms with Crippen molar-refractivity contribution < 1.29 is 19.1 Å². The smallest absolute Gasteiger partial charge is 0.317 e. The minimum atomic E-state index is -0.600. The molecule has 0 unspecified atom stereocenters. The van der Waals surface area contributed by atoms with E-state index in [4.69, 9.17) is 19.9 Å². The molecule has 1 aromatic rings. The summed E-state index contributed by atoms with van der Waals surface area (Å²) in [5, 5.41) is 10.8. The molecule has 0 amide bonds. The fraction of sp³-hybridized carbons (Fsp3) is 0.333. The molecular weight excluding hydrogens is 216 g/mol. The molecule has 0 fully saturated rings. The van der Waals surface area contributed by atoms with Gasteiger partial charge in [-0.15, -0.1) is 0 Å². The van der Waals surface area contributed by atoms with Crippen molar-refractivity contribution in [2.75, 3.05) is 27.1 Å². The maximum atomic E-state index is 10.8. The highest BCUT2D eigenvalue weighted by atomic mass is 16.6. The van der Waals surface area contributed by atoms with Gasteiger partial charge in [0.25, 0.3) is 0 Å². The molecule has 1 rings (SSSR count). The molecule has 0 aromatic heterocycles. The molecule has 7 nitrogen and oxygen atoms in total. The second kappa shape index (κ2) is 4.56. The van der Waals surface area contributed by atoms with Crippen molar-refractivity contribution >= 4 is 11.4 Å². The second-order valence-corrected chi connectivity index (χ2v) is 2.84. The quantitative estimate of drug-likeness (QED) is 0.472. The van der Waals surface area contributed by atoms with Crippen LogP contribution < -0.4 is 19.9 Å². The van der Waals surface area contributed by atoms with Gasteiger partial charge in [-0.3, -0.25) is 10.1 Å². The van der Waals surface area contributed by atoms with Gasteiger partial charge in [-0.1, -0.05) is 0 Å². The molecule has 1 aromatic carbocycles. The van der Waals surface area contributed by atoms with Crippen LogP contribution in [0.3, 0.4) is 0 Å². The monoisotopic (exact) mass is 228 g/mol. The predicted molar refractivity (Wildman–Crippen MR) is 57.2 cm³/mol. The Bertz CT molecular complexity index is 419. The number of hydrogen-bond donors (Lipinski definition) is 1. The van der Waals surface area contributed by atoms with E-state index in [2.05, 4.69) is 0 Å². The Morgan fingerprint density at radius 1 is 1.12 bits per heavy atom. The van der Waals surface area contributed by atoms with Crippen molar-refractivity contribution in [2.45, 2.75) is 0 Å². The van der Waals surface area contributed by atoms with Crippen molar-refractivity contribution in [2.24, 2.45) is 0 Å². The largest absolute Gasteiger partial charge is 0.491 e. The molecule has 0 spiro atoms. The van der Waals surface area contributed by atoms with Crippen molar-refractivity contribution in [1.29, 1.82) is 0 Å². The van der Waals surface area contributed by atoms with Gasteiger partial charge < -0.3 is 19.9 Å². The number of nitro benzene ring substituents is 1. The average molecular weight is 228 g/mol. The Morgan fingerprint density at radius 2 is 1.62 bits per heavy atom. The van der Waals surface area contributed by atoms with Crippen LogP contribution in [0.4, 0.5) is 11.4 Å². The van der Waals surface area contributed by atoms with Crippen LogP contribution in [0.5, 0.6) is 17.2 Å². The topological polar surface area (TPSA) is 96.9 Å². The fourth-order valence-electron chi connectivity index (χ4n) is 1.36. The van der Waals surface area contributed by atoms with Crippen molar-refractivity contribution in [3.8, 4) is 17.2 Å². The summed E-state index contributed by atoms with van der Waals surface area (Å²) in [6.07, 6.45) is 0. The third kappa shape index (κ3) is 1.79. The number of ether oxygens (including phenoxy) is 3. The summed E-state index contributed by atoms with van der Waals surface area (Å²) in [5.74, 6) is 0.306. The third-order valence-corrected chi connectivity index (χ3v) is 2.01. The van der Waals surface area contributed by atoms with Crippen LogP contribution >= 0.6 is 0 Å². The summed E-state index contributed by atoms with van der Waals surface area (Å²) >= 11 is 0. The number of methoxy groups -OCH3 is 3. The maximum absolute atomic E-state index is 10.8. The number of nitro groups is 1. The Hall–Kier alpha value is -2.18. The van der Waals surface area contributed by atoms with Crippen LogP contribution in [-0.2, 0) is 0 Å². The van der Waals surface area contributed by atoms with Gasteiger partial charge in [-0.2, -0.15) is 0 Å². The maximum Gasteiger partial charge on any atom is 0.317 e. The molecule has 2 N–H and O–H groups in total. The summed E-state index contributed by atoms with van der Waals surface area (Å²) in [5.41, 5.74) is 5.46. The number of rotatable bonds is 4. The van der Waals surface area contributed by atoms with E-state index in [1.165, 1.54) is 27.4 Å².